The van der Waals surface area contributed by atoms with Crippen molar-refractivity contribution in [2.45, 2.75) is 51.5 Å². The molecule has 0 bridgehead atoms. The average Bonchev–Trinajstić information content (AvgIpc) is 3.06. The first kappa shape index (κ1) is 13.9. The summed E-state index contributed by atoms with van der Waals surface area (Å²) >= 11 is 1.67. The summed E-state index contributed by atoms with van der Waals surface area (Å²) in [5.41, 5.74) is 0.851. The maximum Gasteiger partial charge on any atom is 0.311 e. The summed E-state index contributed by atoms with van der Waals surface area (Å²) in [5.74, 6) is 0.683. The lowest BCUT2D eigenvalue weighted by Gasteiger charge is -2.37. The van der Waals surface area contributed by atoms with Crippen LogP contribution in [0.4, 0.5) is 5.13 Å². The smallest absolute Gasteiger partial charge is 0.311 e. The monoisotopic (exact) mass is 294 g/mol. The molecule has 1 aliphatic carbocycles. The number of anilines is 1. The van der Waals surface area contributed by atoms with Crippen molar-refractivity contribution in [3.8, 4) is 0 Å². The molecule has 2 heterocycles. The Morgan fingerprint density at radius 3 is 3.15 bits per heavy atom. The van der Waals surface area contributed by atoms with Crippen molar-refractivity contribution in [2.75, 3.05) is 18.1 Å². The molecule has 2 aliphatic rings. The van der Waals surface area contributed by atoms with Crippen LogP contribution >= 0.6 is 11.3 Å². The van der Waals surface area contributed by atoms with E-state index in [9.17, 15) is 4.79 Å². The molecule has 0 radical (unpaired) electrons. The third-order valence-electron chi connectivity index (χ3n) is 4.41. The Hall–Kier alpha value is -1.10. The summed E-state index contributed by atoms with van der Waals surface area (Å²) in [6.45, 7) is 3.39. The van der Waals surface area contributed by atoms with Crippen molar-refractivity contribution in [3.05, 3.63) is 11.1 Å². The van der Waals surface area contributed by atoms with Crippen molar-refractivity contribution in [2.24, 2.45) is 5.92 Å². The van der Waals surface area contributed by atoms with Gasteiger partial charge in [0.1, 0.15) is 0 Å². The van der Waals surface area contributed by atoms with Crippen molar-refractivity contribution >= 4 is 22.4 Å². The van der Waals surface area contributed by atoms with E-state index in [0.717, 1.165) is 23.3 Å². The molecule has 5 heteroatoms. The van der Waals surface area contributed by atoms with Gasteiger partial charge in [0.25, 0.3) is 0 Å². The van der Waals surface area contributed by atoms with Gasteiger partial charge in [-0.1, -0.05) is 6.42 Å². The Balaban J connectivity index is 1.68. The summed E-state index contributed by atoms with van der Waals surface area (Å²) < 4.78 is 4.98. The van der Waals surface area contributed by atoms with E-state index in [1.54, 1.807) is 11.3 Å². The Bertz CT molecular complexity index is 474. The molecule has 1 saturated heterocycles. The maximum atomic E-state index is 11.5. The van der Waals surface area contributed by atoms with E-state index in [0.29, 0.717) is 19.1 Å². The van der Waals surface area contributed by atoms with E-state index in [1.807, 2.05) is 12.3 Å². The van der Waals surface area contributed by atoms with Crippen LogP contribution in [0.3, 0.4) is 0 Å². The minimum absolute atomic E-state index is 0.179. The highest BCUT2D eigenvalue weighted by Gasteiger charge is 2.36. The highest BCUT2D eigenvalue weighted by atomic mass is 32.1. The fourth-order valence-electron chi connectivity index (χ4n) is 3.56. The molecule has 2 atom stereocenters. The van der Waals surface area contributed by atoms with Crippen LogP contribution in [0.15, 0.2) is 5.38 Å². The number of aromatic nitrogens is 1. The van der Waals surface area contributed by atoms with E-state index in [2.05, 4.69) is 9.88 Å². The zero-order valence-electron chi connectivity index (χ0n) is 12.0. The van der Waals surface area contributed by atoms with Gasteiger partial charge in [-0.3, -0.25) is 4.79 Å². The number of hydrogen-bond acceptors (Lipinski definition) is 5. The Labute approximate surface area is 124 Å². The Kier molecular flexibility index (Phi) is 4.24. The lowest BCUT2D eigenvalue weighted by Crippen LogP contribution is -2.42. The third kappa shape index (κ3) is 2.82. The van der Waals surface area contributed by atoms with Gasteiger partial charge in [0.15, 0.2) is 5.13 Å². The summed E-state index contributed by atoms with van der Waals surface area (Å²) in [6, 6.07) is 0.686. The molecule has 0 spiro atoms. The highest BCUT2D eigenvalue weighted by molar-refractivity contribution is 7.13. The number of ether oxygens (including phenoxy) is 1. The van der Waals surface area contributed by atoms with Crippen molar-refractivity contribution in [1.29, 1.82) is 0 Å². The summed E-state index contributed by atoms with van der Waals surface area (Å²) in [4.78, 5) is 18.7. The molecule has 0 aromatic carbocycles. The van der Waals surface area contributed by atoms with Gasteiger partial charge in [-0.25, -0.2) is 4.98 Å². The molecular formula is C15H22N2O2S. The number of piperidine rings is 1. The number of esters is 1. The predicted octanol–water partition coefficient (Wildman–Crippen LogP) is 3.02. The topological polar surface area (TPSA) is 42.4 Å². The Morgan fingerprint density at radius 1 is 1.45 bits per heavy atom. The summed E-state index contributed by atoms with van der Waals surface area (Å²) in [7, 11) is 0. The molecule has 110 valence electrons. The molecule has 1 aliphatic heterocycles. The zero-order valence-corrected chi connectivity index (χ0v) is 12.8. The minimum Gasteiger partial charge on any atom is -0.466 e. The van der Waals surface area contributed by atoms with E-state index in [1.165, 1.54) is 32.1 Å². The molecule has 2 unspecified atom stereocenters. The van der Waals surface area contributed by atoms with E-state index < -0.39 is 0 Å². The molecule has 1 aromatic rings. The average molecular weight is 294 g/mol. The molecule has 1 aromatic heterocycles. The van der Waals surface area contributed by atoms with Crippen molar-refractivity contribution < 1.29 is 9.53 Å². The maximum absolute atomic E-state index is 11.5. The van der Waals surface area contributed by atoms with Crippen LogP contribution in [-0.2, 0) is 16.0 Å². The van der Waals surface area contributed by atoms with Gasteiger partial charge in [-0.05, 0) is 38.5 Å². The highest BCUT2D eigenvalue weighted by Crippen LogP contribution is 2.39. The number of carbonyl (C=O) groups excluding carboxylic acids is 1. The third-order valence-corrected chi connectivity index (χ3v) is 5.34. The molecule has 0 N–H and O–H groups in total. The number of rotatable bonds is 4. The molecule has 2 fully saturated rings. The second kappa shape index (κ2) is 6.12. The quantitative estimate of drug-likeness (QED) is 0.801. The first-order valence-electron chi connectivity index (χ1n) is 7.64. The number of fused-ring (bicyclic) bond motifs is 1. The van der Waals surface area contributed by atoms with Gasteiger partial charge in [-0.2, -0.15) is 0 Å². The van der Waals surface area contributed by atoms with E-state index in [-0.39, 0.29) is 5.97 Å². The lowest BCUT2D eigenvalue weighted by atomic mass is 9.92. The first-order chi connectivity index (χ1) is 9.78. The van der Waals surface area contributed by atoms with Gasteiger partial charge < -0.3 is 9.64 Å². The molecule has 4 nitrogen and oxygen atoms in total. The Morgan fingerprint density at radius 2 is 2.30 bits per heavy atom. The van der Waals surface area contributed by atoms with E-state index in [4.69, 9.17) is 4.74 Å². The number of carbonyl (C=O) groups is 1. The molecule has 0 amide bonds. The van der Waals surface area contributed by atoms with Crippen molar-refractivity contribution in [1.82, 2.24) is 4.98 Å². The number of hydrogen-bond donors (Lipinski definition) is 0. The summed E-state index contributed by atoms with van der Waals surface area (Å²) in [6.07, 6.45) is 6.98. The van der Waals surface area contributed by atoms with Crippen LogP contribution in [0, 0.1) is 5.92 Å². The second-order valence-electron chi connectivity index (χ2n) is 5.70. The summed E-state index contributed by atoms with van der Waals surface area (Å²) in [5, 5.41) is 3.10. The lowest BCUT2D eigenvalue weighted by molar-refractivity contribution is -0.142. The standard InChI is InChI=1S/C15H22N2O2S/c1-2-19-14(18)9-12-10-20-15(16-12)17-8-4-6-11-5-3-7-13(11)17/h10-11,13H,2-9H2,1H3. The van der Waals surface area contributed by atoms with Gasteiger partial charge in [-0.15, -0.1) is 11.3 Å². The van der Waals surface area contributed by atoms with Gasteiger partial charge in [0, 0.05) is 18.0 Å². The van der Waals surface area contributed by atoms with Crippen LogP contribution in [0.5, 0.6) is 0 Å². The van der Waals surface area contributed by atoms with E-state index >= 15 is 0 Å². The van der Waals surface area contributed by atoms with Crippen molar-refractivity contribution in [3.63, 3.8) is 0 Å². The van der Waals surface area contributed by atoms with Crippen LogP contribution in [0.1, 0.15) is 44.7 Å². The normalized spacial score (nSPS) is 25.6. The molecule has 20 heavy (non-hydrogen) atoms. The van der Waals surface area contributed by atoms with Crippen LogP contribution < -0.4 is 4.90 Å². The number of thiazole rings is 1. The van der Waals surface area contributed by atoms with Gasteiger partial charge >= 0.3 is 5.97 Å². The van der Waals surface area contributed by atoms with Crippen LogP contribution in [-0.4, -0.2) is 30.1 Å². The van der Waals surface area contributed by atoms with Crippen LogP contribution in [0.2, 0.25) is 0 Å². The zero-order chi connectivity index (χ0) is 13.9. The fraction of sp³-hybridized carbons (Fsp3) is 0.733. The molecule has 1 saturated carbocycles. The van der Waals surface area contributed by atoms with Gasteiger partial charge in [0.05, 0.1) is 18.7 Å². The SMILES string of the molecule is CCOC(=O)Cc1csc(N2CCCC3CCCC32)n1. The van der Waals surface area contributed by atoms with Crippen LogP contribution in [0.25, 0.3) is 0 Å². The second-order valence-corrected chi connectivity index (χ2v) is 6.53. The molecule has 3 rings (SSSR count). The first-order valence-corrected chi connectivity index (χ1v) is 8.52. The predicted molar refractivity (Wildman–Crippen MR) is 80.2 cm³/mol. The molecular weight excluding hydrogens is 272 g/mol. The van der Waals surface area contributed by atoms with Gasteiger partial charge in [0.2, 0.25) is 0 Å². The fourth-order valence-corrected chi connectivity index (χ4v) is 4.47. The largest absolute Gasteiger partial charge is 0.466 e. The minimum atomic E-state index is -0.179. The number of nitrogens with zero attached hydrogens (tertiary/aromatic N) is 2.